The van der Waals surface area contributed by atoms with E-state index in [0.29, 0.717) is 11.3 Å². The summed E-state index contributed by atoms with van der Waals surface area (Å²) in [5.41, 5.74) is 4.55. The van der Waals surface area contributed by atoms with Gasteiger partial charge in [-0.1, -0.05) is 30.3 Å². The quantitative estimate of drug-likeness (QED) is 0.592. The Bertz CT molecular complexity index is 949. The van der Waals surface area contributed by atoms with Gasteiger partial charge in [0.25, 0.3) is 0 Å². The van der Waals surface area contributed by atoms with E-state index in [9.17, 15) is 9.90 Å². The Labute approximate surface area is 152 Å². The number of azo groups is 1. The highest BCUT2D eigenvalue weighted by Gasteiger charge is 2.09. The van der Waals surface area contributed by atoms with Crippen molar-refractivity contribution >= 4 is 23.0 Å². The molecule has 3 rings (SSSR count). The third-order valence-electron chi connectivity index (χ3n) is 3.87. The Morgan fingerprint density at radius 3 is 2.15 bits per heavy atom. The third kappa shape index (κ3) is 4.13. The van der Waals surface area contributed by atoms with Gasteiger partial charge in [-0.15, -0.1) is 0 Å². The van der Waals surface area contributed by atoms with Crippen molar-refractivity contribution in [1.29, 1.82) is 0 Å². The van der Waals surface area contributed by atoms with Crippen molar-refractivity contribution in [2.24, 2.45) is 10.2 Å². The summed E-state index contributed by atoms with van der Waals surface area (Å²) < 4.78 is 0. The Balaban J connectivity index is 1.83. The zero-order valence-corrected chi connectivity index (χ0v) is 14.6. The lowest BCUT2D eigenvalue weighted by Crippen LogP contribution is -2.07. The van der Waals surface area contributed by atoms with E-state index in [-0.39, 0.29) is 11.7 Å². The number of aromatic hydroxyl groups is 1. The highest BCUT2D eigenvalue weighted by Crippen LogP contribution is 2.35. The largest absolute Gasteiger partial charge is 0.507 e. The van der Waals surface area contributed by atoms with Crippen LogP contribution < -0.4 is 5.32 Å². The number of carbonyl (C=O) groups excluding carboxylic acids is 1. The second-order valence-corrected chi connectivity index (χ2v) is 5.95. The number of phenolic OH excluding ortho intramolecular Hbond substituents is 1. The molecule has 0 atom stereocenters. The summed E-state index contributed by atoms with van der Waals surface area (Å²) in [6, 6.07) is 20.4. The van der Waals surface area contributed by atoms with Gasteiger partial charge < -0.3 is 10.4 Å². The summed E-state index contributed by atoms with van der Waals surface area (Å²) in [5.74, 6) is -0.0635. The fourth-order valence-corrected chi connectivity index (χ4v) is 2.57. The first kappa shape index (κ1) is 17.4. The molecule has 5 heteroatoms. The molecule has 0 aliphatic carbocycles. The molecule has 0 aliphatic rings. The minimum Gasteiger partial charge on any atom is -0.507 e. The first-order valence-corrected chi connectivity index (χ1v) is 8.21. The van der Waals surface area contributed by atoms with Crippen LogP contribution in [0.4, 0.5) is 17.1 Å². The zero-order valence-electron chi connectivity index (χ0n) is 14.6. The Hall–Kier alpha value is -3.47. The van der Waals surface area contributed by atoms with E-state index in [2.05, 4.69) is 15.5 Å². The fraction of sp³-hybridized carbons (Fsp3) is 0.0952. The van der Waals surface area contributed by atoms with E-state index in [1.165, 1.54) is 6.92 Å². The lowest BCUT2D eigenvalue weighted by atomic mass is 10.0. The van der Waals surface area contributed by atoms with Gasteiger partial charge in [-0.3, -0.25) is 4.79 Å². The molecule has 0 aromatic heterocycles. The van der Waals surface area contributed by atoms with E-state index in [1.54, 1.807) is 6.07 Å². The van der Waals surface area contributed by atoms with E-state index < -0.39 is 0 Å². The first-order valence-electron chi connectivity index (χ1n) is 8.21. The zero-order chi connectivity index (χ0) is 18.5. The maximum absolute atomic E-state index is 11.2. The molecule has 0 heterocycles. The van der Waals surface area contributed by atoms with E-state index in [4.69, 9.17) is 0 Å². The van der Waals surface area contributed by atoms with Gasteiger partial charge in [0.2, 0.25) is 5.91 Å². The molecule has 3 aromatic rings. The van der Waals surface area contributed by atoms with Crippen LogP contribution in [-0.4, -0.2) is 11.0 Å². The van der Waals surface area contributed by atoms with Gasteiger partial charge in [0.05, 0.1) is 11.4 Å². The molecule has 3 aromatic carbocycles. The smallest absolute Gasteiger partial charge is 0.221 e. The molecule has 0 saturated heterocycles. The number of hydrogen-bond acceptors (Lipinski definition) is 4. The number of anilines is 1. The van der Waals surface area contributed by atoms with Crippen molar-refractivity contribution in [3.05, 3.63) is 72.3 Å². The topological polar surface area (TPSA) is 74.0 Å². The number of phenols is 1. The minimum atomic E-state index is -0.173. The average molecular weight is 345 g/mol. The number of carbonyl (C=O) groups is 1. The molecule has 1 amide bonds. The highest BCUT2D eigenvalue weighted by molar-refractivity contribution is 5.91. The van der Waals surface area contributed by atoms with Crippen LogP contribution in [0, 0.1) is 6.92 Å². The van der Waals surface area contributed by atoms with Gasteiger partial charge in [-0.25, -0.2) is 0 Å². The Morgan fingerprint density at radius 1 is 0.923 bits per heavy atom. The maximum atomic E-state index is 11.2. The highest BCUT2D eigenvalue weighted by atomic mass is 16.3. The number of nitrogens with one attached hydrogen (secondary N) is 1. The molecular weight excluding hydrogens is 326 g/mol. The molecule has 5 nitrogen and oxygen atoms in total. The minimum absolute atomic E-state index is 0.109. The summed E-state index contributed by atoms with van der Waals surface area (Å²) in [7, 11) is 0. The molecule has 26 heavy (non-hydrogen) atoms. The molecule has 0 radical (unpaired) electrons. The van der Waals surface area contributed by atoms with Crippen molar-refractivity contribution in [2.45, 2.75) is 13.8 Å². The molecular formula is C21H19N3O2. The summed E-state index contributed by atoms with van der Waals surface area (Å²) >= 11 is 0. The summed E-state index contributed by atoms with van der Waals surface area (Å²) in [5, 5.41) is 21.4. The van der Waals surface area contributed by atoms with E-state index in [1.807, 2.05) is 67.6 Å². The SMILES string of the molecule is CC(=O)Nc1cc(O)c(-c2ccc(/N=N/c3ccccc3)cc2)cc1C. The van der Waals surface area contributed by atoms with Gasteiger partial charge in [-0.05, 0) is 48.4 Å². The monoisotopic (exact) mass is 345 g/mol. The van der Waals surface area contributed by atoms with Gasteiger partial charge in [0.15, 0.2) is 0 Å². The van der Waals surface area contributed by atoms with Crippen LogP contribution in [0.3, 0.4) is 0 Å². The predicted molar refractivity (Wildman–Crippen MR) is 103 cm³/mol. The third-order valence-corrected chi connectivity index (χ3v) is 3.87. The number of amides is 1. The Morgan fingerprint density at radius 2 is 1.54 bits per heavy atom. The fourth-order valence-electron chi connectivity index (χ4n) is 2.57. The van der Waals surface area contributed by atoms with E-state index >= 15 is 0 Å². The first-order chi connectivity index (χ1) is 12.5. The summed E-state index contributed by atoms with van der Waals surface area (Å²) in [4.78, 5) is 11.2. The molecule has 0 aliphatic heterocycles. The molecule has 0 unspecified atom stereocenters. The van der Waals surface area contributed by atoms with Gasteiger partial charge >= 0.3 is 0 Å². The number of benzene rings is 3. The van der Waals surface area contributed by atoms with Crippen LogP contribution in [0.5, 0.6) is 5.75 Å². The normalized spacial score (nSPS) is 10.8. The van der Waals surface area contributed by atoms with Crippen LogP contribution in [-0.2, 0) is 4.79 Å². The van der Waals surface area contributed by atoms with Crippen molar-refractivity contribution < 1.29 is 9.90 Å². The lowest BCUT2D eigenvalue weighted by Gasteiger charge is -2.11. The van der Waals surface area contributed by atoms with Crippen LogP contribution in [0.2, 0.25) is 0 Å². The second kappa shape index (κ2) is 7.61. The van der Waals surface area contributed by atoms with Crippen LogP contribution in [0.15, 0.2) is 77.0 Å². The Kier molecular flexibility index (Phi) is 5.08. The number of rotatable bonds is 4. The molecule has 0 fully saturated rings. The molecule has 2 N–H and O–H groups in total. The van der Waals surface area contributed by atoms with Crippen LogP contribution in [0.25, 0.3) is 11.1 Å². The molecule has 130 valence electrons. The number of hydrogen-bond donors (Lipinski definition) is 2. The van der Waals surface area contributed by atoms with Crippen LogP contribution in [0.1, 0.15) is 12.5 Å². The molecule has 0 saturated carbocycles. The van der Waals surface area contributed by atoms with Crippen molar-refractivity contribution in [2.75, 3.05) is 5.32 Å². The predicted octanol–water partition coefficient (Wildman–Crippen LogP) is 5.74. The maximum Gasteiger partial charge on any atom is 0.221 e. The number of nitrogens with zero attached hydrogens (tertiary/aromatic N) is 2. The van der Waals surface area contributed by atoms with Crippen LogP contribution >= 0.6 is 0 Å². The van der Waals surface area contributed by atoms with Crippen molar-refractivity contribution in [3.8, 4) is 16.9 Å². The summed E-state index contributed by atoms with van der Waals surface area (Å²) in [6.07, 6.45) is 0. The van der Waals surface area contributed by atoms with E-state index in [0.717, 1.165) is 22.5 Å². The standard InChI is InChI=1S/C21H19N3O2/c1-14-12-19(21(26)13-20(14)22-15(2)25)16-8-10-18(11-9-16)24-23-17-6-4-3-5-7-17/h3-13,26H,1-2H3,(H,22,25)/b24-23+. The second-order valence-electron chi connectivity index (χ2n) is 5.95. The lowest BCUT2D eigenvalue weighted by molar-refractivity contribution is -0.114. The number of aryl methyl sites for hydroxylation is 1. The molecule has 0 bridgehead atoms. The molecule has 0 spiro atoms. The van der Waals surface area contributed by atoms with Gasteiger partial charge in [0.1, 0.15) is 5.75 Å². The van der Waals surface area contributed by atoms with Crippen molar-refractivity contribution in [3.63, 3.8) is 0 Å². The van der Waals surface area contributed by atoms with Crippen molar-refractivity contribution in [1.82, 2.24) is 0 Å². The van der Waals surface area contributed by atoms with Gasteiger partial charge in [0, 0.05) is 24.2 Å². The average Bonchev–Trinajstić information content (AvgIpc) is 2.64. The summed E-state index contributed by atoms with van der Waals surface area (Å²) in [6.45, 7) is 3.32. The van der Waals surface area contributed by atoms with Gasteiger partial charge in [-0.2, -0.15) is 10.2 Å².